The molecule has 2 rings (SSSR count). The zero-order valence-corrected chi connectivity index (χ0v) is 14.4. The second-order valence-electron chi connectivity index (χ2n) is 5.64. The zero-order chi connectivity index (χ0) is 17.5. The maximum Gasteiger partial charge on any atom is 0.253 e. The number of likely N-dealkylation sites (tertiary alicyclic amines) is 1. The monoisotopic (exact) mass is 332 g/mol. The van der Waals surface area contributed by atoms with E-state index in [0.29, 0.717) is 30.2 Å². The van der Waals surface area contributed by atoms with Crippen LogP contribution in [0.25, 0.3) is 0 Å². The largest absolute Gasteiger partial charge is 0.493 e. The smallest absolute Gasteiger partial charge is 0.253 e. The third-order valence-corrected chi connectivity index (χ3v) is 4.08. The molecule has 0 saturated carbocycles. The fourth-order valence-electron chi connectivity index (χ4n) is 2.78. The van der Waals surface area contributed by atoms with Crippen LogP contribution >= 0.6 is 0 Å². The second kappa shape index (κ2) is 8.38. The molecule has 0 atom stereocenters. The van der Waals surface area contributed by atoms with Gasteiger partial charge in [-0.3, -0.25) is 9.59 Å². The number of methoxy groups -OCH3 is 2. The molecular weight excluding hydrogens is 308 g/mol. The number of carbonyl (C=O) groups excluding carboxylic acids is 2. The molecule has 1 fully saturated rings. The lowest BCUT2D eigenvalue weighted by atomic mass is 10.0. The topological polar surface area (TPSA) is 67.9 Å². The normalized spacial score (nSPS) is 15.4. The summed E-state index contributed by atoms with van der Waals surface area (Å²) in [5.41, 5.74) is 0.573. The molecule has 130 valence electrons. The third kappa shape index (κ3) is 4.28. The number of carbonyl (C=O) groups is 2. The second-order valence-corrected chi connectivity index (χ2v) is 5.64. The summed E-state index contributed by atoms with van der Waals surface area (Å²) in [4.78, 5) is 26.0. The van der Waals surface area contributed by atoms with Gasteiger partial charge in [0.1, 0.15) is 0 Å². The summed E-state index contributed by atoms with van der Waals surface area (Å²) in [6.07, 6.45) is 4.73. The lowest BCUT2D eigenvalue weighted by molar-refractivity contribution is -0.117. The van der Waals surface area contributed by atoms with Gasteiger partial charge in [-0.05, 0) is 44.0 Å². The zero-order valence-electron chi connectivity index (χ0n) is 14.4. The highest BCUT2D eigenvalue weighted by Crippen LogP contribution is 2.28. The minimum absolute atomic E-state index is 0.0332. The molecule has 0 spiro atoms. The molecule has 1 aliphatic heterocycles. The van der Waals surface area contributed by atoms with Crippen LogP contribution in [0.15, 0.2) is 30.4 Å². The average molecular weight is 332 g/mol. The van der Waals surface area contributed by atoms with Crippen LogP contribution in [0.4, 0.5) is 0 Å². The number of allylic oxidation sites excluding steroid dienone is 1. The fourth-order valence-corrected chi connectivity index (χ4v) is 2.78. The van der Waals surface area contributed by atoms with Gasteiger partial charge < -0.3 is 19.7 Å². The Hall–Kier alpha value is -2.50. The Labute approximate surface area is 142 Å². The number of nitrogens with zero attached hydrogens (tertiary/aromatic N) is 1. The summed E-state index contributed by atoms with van der Waals surface area (Å²) in [6.45, 7) is 3.05. The van der Waals surface area contributed by atoms with Gasteiger partial charge in [0.15, 0.2) is 11.5 Å². The van der Waals surface area contributed by atoms with E-state index in [2.05, 4.69) is 5.32 Å². The Morgan fingerprint density at radius 2 is 1.83 bits per heavy atom. The predicted octanol–water partition coefficient (Wildman–Crippen LogP) is 2.00. The van der Waals surface area contributed by atoms with Crippen molar-refractivity contribution in [3.63, 3.8) is 0 Å². The number of hydrogen-bond donors (Lipinski definition) is 1. The van der Waals surface area contributed by atoms with Crippen LogP contribution in [0.3, 0.4) is 0 Å². The first-order chi connectivity index (χ1) is 11.6. The van der Waals surface area contributed by atoms with Crippen LogP contribution in [0.5, 0.6) is 11.5 Å². The van der Waals surface area contributed by atoms with E-state index in [4.69, 9.17) is 9.47 Å². The number of piperidine rings is 1. The van der Waals surface area contributed by atoms with Crippen molar-refractivity contribution in [2.24, 2.45) is 0 Å². The number of nitrogens with one attached hydrogen (secondary N) is 1. The molecule has 0 unspecified atom stereocenters. The van der Waals surface area contributed by atoms with E-state index in [-0.39, 0.29) is 17.9 Å². The summed E-state index contributed by atoms with van der Waals surface area (Å²) in [7, 11) is 3.11. The molecule has 0 aliphatic carbocycles. The van der Waals surface area contributed by atoms with Crippen LogP contribution in [0.1, 0.15) is 30.1 Å². The van der Waals surface area contributed by atoms with Gasteiger partial charge in [-0.15, -0.1) is 0 Å². The van der Waals surface area contributed by atoms with Crippen LogP contribution < -0.4 is 14.8 Å². The lowest BCUT2D eigenvalue weighted by Crippen LogP contribution is -2.46. The van der Waals surface area contributed by atoms with Gasteiger partial charge in [0.05, 0.1) is 14.2 Å². The van der Waals surface area contributed by atoms with Crippen molar-refractivity contribution < 1.29 is 19.1 Å². The van der Waals surface area contributed by atoms with Gasteiger partial charge in [0.25, 0.3) is 5.91 Å². The van der Waals surface area contributed by atoms with E-state index in [9.17, 15) is 9.59 Å². The van der Waals surface area contributed by atoms with Crippen LogP contribution in [0, 0.1) is 0 Å². The first kappa shape index (κ1) is 17.8. The maximum absolute atomic E-state index is 12.6. The number of rotatable bonds is 5. The Bertz CT molecular complexity index is 619. The number of benzene rings is 1. The summed E-state index contributed by atoms with van der Waals surface area (Å²) in [5, 5.41) is 2.95. The molecule has 1 aromatic carbocycles. The van der Waals surface area contributed by atoms with Crippen molar-refractivity contribution >= 4 is 11.8 Å². The van der Waals surface area contributed by atoms with Crippen molar-refractivity contribution in [3.8, 4) is 11.5 Å². The minimum atomic E-state index is -0.0813. The Morgan fingerprint density at radius 1 is 1.17 bits per heavy atom. The molecule has 0 aromatic heterocycles. The highest BCUT2D eigenvalue weighted by atomic mass is 16.5. The molecule has 0 radical (unpaired) electrons. The van der Waals surface area contributed by atoms with Crippen LogP contribution in [-0.2, 0) is 4.79 Å². The van der Waals surface area contributed by atoms with Gasteiger partial charge in [-0.1, -0.05) is 6.08 Å². The molecule has 1 N–H and O–H groups in total. The molecule has 1 saturated heterocycles. The maximum atomic E-state index is 12.6. The predicted molar refractivity (Wildman–Crippen MR) is 91.4 cm³/mol. The van der Waals surface area contributed by atoms with E-state index in [0.717, 1.165) is 12.8 Å². The van der Waals surface area contributed by atoms with Crippen molar-refractivity contribution in [2.75, 3.05) is 27.3 Å². The molecule has 6 nitrogen and oxygen atoms in total. The number of hydrogen-bond acceptors (Lipinski definition) is 4. The fraction of sp³-hybridized carbons (Fsp3) is 0.444. The lowest BCUT2D eigenvalue weighted by Gasteiger charge is -2.32. The Balaban J connectivity index is 1.96. The molecule has 1 aromatic rings. The van der Waals surface area contributed by atoms with Crippen LogP contribution in [0.2, 0.25) is 0 Å². The standard InChI is InChI=1S/C18H24N2O4/c1-4-5-17(21)19-14-8-10-20(11-9-14)18(22)13-6-7-15(23-2)16(12-13)24-3/h4-7,12,14H,8-11H2,1-3H3,(H,19,21)/b5-4+. The molecule has 6 heteroatoms. The minimum Gasteiger partial charge on any atom is -0.493 e. The molecule has 0 bridgehead atoms. The van der Waals surface area contributed by atoms with E-state index in [1.807, 2.05) is 6.92 Å². The van der Waals surface area contributed by atoms with Crippen molar-refractivity contribution in [1.82, 2.24) is 10.2 Å². The Morgan fingerprint density at radius 3 is 2.42 bits per heavy atom. The first-order valence-electron chi connectivity index (χ1n) is 8.03. The summed E-state index contributed by atoms with van der Waals surface area (Å²) in [5.74, 6) is 1.02. The molecule has 24 heavy (non-hydrogen) atoms. The molecule has 1 heterocycles. The van der Waals surface area contributed by atoms with Crippen molar-refractivity contribution in [3.05, 3.63) is 35.9 Å². The summed E-state index contributed by atoms with van der Waals surface area (Å²) >= 11 is 0. The summed E-state index contributed by atoms with van der Waals surface area (Å²) < 4.78 is 10.4. The van der Waals surface area contributed by atoms with E-state index in [1.54, 1.807) is 43.4 Å². The molecular formula is C18H24N2O4. The van der Waals surface area contributed by atoms with E-state index < -0.39 is 0 Å². The third-order valence-electron chi connectivity index (χ3n) is 4.08. The number of amides is 2. The highest BCUT2D eigenvalue weighted by molar-refractivity contribution is 5.95. The SMILES string of the molecule is C/C=C/C(=O)NC1CCN(C(=O)c2ccc(OC)c(OC)c2)CC1. The molecule has 2 amide bonds. The van der Waals surface area contributed by atoms with Gasteiger partial charge in [-0.25, -0.2) is 0 Å². The van der Waals surface area contributed by atoms with Crippen molar-refractivity contribution in [1.29, 1.82) is 0 Å². The van der Waals surface area contributed by atoms with Gasteiger partial charge in [0.2, 0.25) is 5.91 Å². The average Bonchev–Trinajstić information content (AvgIpc) is 2.61. The van der Waals surface area contributed by atoms with E-state index in [1.165, 1.54) is 6.08 Å². The van der Waals surface area contributed by atoms with E-state index >= 15 is 0 Å². The van der Waals surface area contributed by atoms with Gasteiger partial charge in [0, 0.05) is 24.7 Å². The molecule has 1 aliphatic rings. The number of ether oxygens (including phenoxy) is 2. The van der Waals surface area contributed by atoms with Crippen LogP contribution in [-0.4, -0.2) is 50.1 Å². The highest BCUT2D eigenvalue weighted by Gasteiger charge is 2.24. The van der Waals surface area contributed by atoms with Crippen molar-refractivity contribution in [2.45, 2.75) is 25.8 Å². The van der Waals surface area contributed by atoms with Gasteiger partial charge >= 0.3 is 0 Å². The Kier molecular flexibility index (Phi) is 6.23. The summed E-state index contributed by atoms with van der Waals surface area (Å²) in [6, 6.07) is 5.28. The quantitative estimate of drug-likeness (QED) is 0.838. The first-order valence-corrected chi connectivity index (χ1v) is 8.03. The van der Waals surface area contributed by atoms with Gasteiger partial charge in [-0.2, -0.15) is 0 Å².